The van der Waals surface area contributed by atoms with Crippen molar-refractivity contribution in [3.8, 4) is 11.1 Å². The van der Waals surface area contributed by atoms with Crippen LogP contribution in [0.2, 0.25) is 0 Å². The number of carboxylic acid groups (broad SMARTS) is 1. The first-order chi connectivity index (χ1) is 13.9. The van der Waals surface area contributed by atoms with Gasteiger partial charge in [0.15, 0.2) is 0 Å². The van der Waals surface area contributed by atoms with Crippen LogP contribution in [-0.4, -0.2) is 40.5 Å². The Hall–Kier alpha value is -2.66. The summed E-state index contributed by atoms with van der Waals surface area (Å²) in [5.74, 6) is -0.170. The van der Waals surface area contributed by atoms with E-state index in [1.54, 1.807) is 12.1 Å². The number of amides is 1. The van der Waals surface area contributed by atoms with E-state index in [1.165, 1.54) is 12.0 Å². The maximum atomic E-state index is 12.5. The number of hydrogen-bond donors (Lipinski definition) is 2. The molecule has 0 unspecified atom stereocenters. The summed E-state index contributed by atoms with van der Waals surface area (Å²) in [4.78, 5) is 25.5. The second-order valence-electron chi connectivity index (χ2n) is 9.07. The zero-order chi connectivity index (χ0) is 20.2. The van der Waals surface area contributed by atoms with Gasteiger partial charge in [0.05, 0.1) is 11.1 Å². The molecule has 29 heavy (non-hydrogen) atoms. The molecule has 1 saturated heterocycles. The zero-order valence-corrected chi connectivity index (χ0v) is 16.4. The largest absolute Gasteiger partial charge is 0.478 e. The van der Waals surface area contributed by atoms with E-state index in [2.05, 4.69) is 24.3 Å². The molecule has 1 aliphatic heterocycles. The second-order valence-corrected chi connectivity index (χ2v) is 9.07. The zero-order valence-electron chi connectivity index (χ0n) is 16.4. The average Bonchev–Trinajstić information content (AvgIpc) is 3.66. The molecule has 1 amide bonds. The minimum absolute atomic E-state index is 0.155. The van der Waals surface area contributed by atoms with Crippen LogP contribution in [0.1, 0.15) is 53.9 Å². The molecule has 0 aromatic heterocycles. The maximum absolute atomic E-state index is 12.5. The summed E-state index contributed by atoms with van der Waals surface area (Å²) in [6.45, 7) is 1.67. The normalized spacial score (nSPS) is 23.6. The van der Waals surface area contributed by atoms with Gasteiger partial charge in [-0.1, -0.05) is 36.4 Å². The van der Waals surface area contributed by atoms with Crippen molar-refractivity contribution in [3.05, 3.63) is 59.7 Å². The lowest BCUT2D eigenvalue weighted by atomic mass is 9.88. The number of nitrogens with two attached hydrogens (primary N) is 1. The highest BCUT2D eigenvalue weighted by Crippen LogP contribution is 2.65. The van der Waals surface area contributed by atoms with Crippen LogP contribution in [0.4, 0.5) is 0 Å². The van der Waals surface area contributed by atoms with Crippen LogP contribution in [0, 0.1) is 5.41 Å². The molecule has 0 bridgehead atoms. The van der Waals surface area contributed by atoms with Crippen molar-refractivity contribution in [3.63, 3.8) is 0 Å². The number of carbonyl (C=O) groups excluding carboxylic acids is 1. The molecular formula is C24H26N2O3. The number of rotatable bonds is 4. The Balaban J connectivity index is 1.23. The van der Waals surface area contributed by atoms with Gasteiger partial charge in [0.25, 0.3) is 0 Å². The monoisotopic (exact) mass is 390 g/mol. The van der Waals surface area contributed by atoms with Gasteiger partial charge in [-0.2, -0.15) is 0 Å². The molecule has 1 spiro atoms. The third-order valence-corrected chi connectivity index (χ3v) is 7.23. The van der Waals surface area contributed by atoms with E-state index >= 15 is 0 Å². The maximum Gasteiger partial charge on any atom is 0.335 e. The minimum Gasteiger partial charge on any atom is -0.478 e. The van der Waals surface area contributed by atoms with Gasteiger partial charge < -0.3 is 15.7 Å². The molecular weight excluding hydrogens is 364 g/mol. The number of benzene rings is 2. The fraction of sp³-hybridized carbons (Fsp3) is 0.417. The molecule has 3 N–H and O–H groups in total. The van der Waals surface area contributed by atoms with E-state index in [4.69, 9.17) is 10.8 Å². The number of likely N-dealkylation sites (tertiary alicyclic amines) is 1. The minimum atomic E-state index is -0.905. The van der Waals surface area contributed by atoms with Crippen molar-refractivity contribution in [2.24, 2.45) is 11.1 Å². The van der Waals surface area contributed by atoms with Crippen LogP contribution < -0.4 is 5.73 Å². The standard InChI is InChI=1S/C24H26N2O3/c25-24(9-10-24)22(29)26-13-11-23(12-14-26)15-20(23)18-5-1-16(2-6-18)17-3-7-19(8-4-17)21(27)28/h1-8,20H,9-15,25H2,(H,27,28)/t20-/m1/s1. The Morgan fingerprint density at radius 2 is 1.45 bits per heavy atom. The summed E-state index contributed by atoms with van der Waals surface area (Å²) in [6.07, 6.45) is 5.01. The van der Waals surface area contributed by atoms with Gasteiger partial charge in [-0.15, -0.1) is 0 Å². The van der Waals surface area contributed by atoms with Crippen molar-refractivity contribution < 1.29 is 14.7 Å². The molecule has 2 aliphatic carbocycles. The summed E-state index contributed by atoms with van der Waals surface area (Å²) in [6, 6.07) is 15.7. The van der Waals surface area contributed by atoms with Crippen LogP contribution in [0.5, 0.6) is 0 Å². The van der Waals surface area contributed by atoms with Gasteiger partial charge in [-0.25, -0.2) is 4.79 Å². The summed E-state index contributed by atoms with van der Waals surface area (Å²) in [7, 11) is 0. The molecule has 2 saturated carbocycles. The number of carboxylic acids is 1. The summed E-state index contributed by atoms with van der Waals surface area (Å²) in [5.41, 5.74) is 9.68. The topological polar surface area (TPSA) is 83.6 Å². The number of hydrogen-bond acceptors (Lipinski definition) is 3. The first-order valence-electron chi connectivity index (χ1n) is 10.4. The van der Waals surface area contributed by atoms with Crippen molar-refractivity contribution >= 4 is 11.9 Å². The molecule has 1 atom stereocenters. The van der Waals surface area contributed by atoms with Crippen molar-refractivity contribution in [2.45, 2.75) is 43.6 Å². The summed E-state index contributed by atoms with van der Waals surface area (Å²) >= 11 is 0. The van der Waals surface area contributed by atoms with Crippen LogP contribution >= 0.6 is 0 Å². The first kappa shape index (κ1) is 18.4. The van der Waals surface area contributed by atoms with Gasteiger partial charge in [0.2, 0.25) is 5.91 Å². The number of nitrogens with zero attached hydrogens (tertiary/aromatic N) is 1. The van der Waals surface area contributed by atoms with Gasteiger partial charge in [0.1, 0.15) is 0 Å². The molecule has 2 aromatic rings. The third kappa shape index (κ3) is 3.23. The van der Waals surface area contributed by atoms with Gasteiger partial charge in [-0.3, -0.25) is 4.79 Å². The Morgan fingerprint density at radius 3 is 1.97 bits per heavy atom. The van der Waals surface area contributed by atoms with E-state index in [9.17, 15) is 9.59 Å². The first-order valence-corrected chi connectivity index (χ1v) is 10.4. The Labute approximate surface area is 170 Å². The van der Waals surface area contributed by atoms with Gasteiger partial charge >= 0.3 is 5.97 Å². The van der Waals surface area contributed by atoms with Crippen LogP contribution in [0.15, 0.2) is 48.5 Å². The predicted molar refractivity (Wildman–Crippen MR) is 111 cm³/mol. The summed E-state index contributed by atoms with van der Waals surface area (Å²) < 4.78 is 0. The molecule has 150 valence electrons. The van der Waals surface area contributed by atoms with E-state index in [1.807, 2.05) is 17.0 Å². The fourth-order valence-electron chi connectivity index (χ4n) is 4.90. The van der Waals surface area contributed by atoms with Crippen LogP contribution in [0.3, 0.4) is 0 Å². The lowest BCUT2D eigenvalue weighted by Crippen LogP contribution is -2.49. The fourth-order valence-corrected chi connectivity index (χ4v) is 4.90. The van der Waals surface area contributed by atoms with Gasteiger partial charge in [-0.05, 0) is 72.3 Å². The SMILES string of the molecule is NC1(C(=O)N2CCC3(CC2)C[C@@H]3c2ccc(-c3ccc(C(=O)O)cc3)cc2)CC1. The highest BCUT2D eigenvalue weighted by Gasteiger charge is 2.57. The molecule has 5 rings (SSSR count). The number of carbonyl (C=O) groups is 2. The lowest BCUT2D eigenvalue weighted by Gasteiger charge is -2.34. The number of piperidine rings is 1. The smallest absolute Gasteiger partial charge is 0.335 e. The molecule has 3 fully saturated rings. The summed E-state index contributed by atoms with van der Waals surface area (Å²) in [5, 5.41) is 9.03. The van der Waals surface area contributed by atoms with E-state index in [0.29, 0.717) is 16.9 Å². The van der Waals surface area contributed by atoms with Crippen molar-refractivity contribution in [1.29, 1.82) is 0 Å². The molecule has 5 nitrogen and oxygen atoms in total. The molecule has 2 aromatic carbocycles. The molecule has 5 heteroatoms. The quantitative estimate of drug-likeness (QED) is 0.835. The Bertz CT molecular complexity index is 953. The van der Waals surface area contributed by atoms with Crippen molar-refractivity contribution in [1.82, 2.24) is 4.90 Å². The highest BCUT2D eigenvalue weighted by molar-refractivity contribution is 5.89. The lowest BCUT2D eigenvalue weighted by molar-refractivity contribution is -0.135. The van der Waals surface area contributed by atoms with E-state index in [0.717, 1.165) is 49.9 Å². The third-order valence-electron chi connectivity index (χ3n) is 7.23. The van der Waals surface area contributed by atoms with Gasteiger partial charge in [0, 0.05) is 13.1 Å². The predicted octanol–water partition coefficient (Wildman–Crippen LogP) is 3.64. The van der Waals surface area contributed by atoms with Crippen molar-refractivity contribution in [2.75, 3.05) is 13.1 Å². The molecule has 3 aliphatic rings. The Morgan fingerprint density at radius 1 is 0.897 bits per heavy atom. The molecule has 0 radical (unpaired) electrons. The highest BCUT2D eigenvalue weighted by atomic mass is 16.4. The van der Waals surface area contributed by atoms with E-state index < -0.39 is 11.5 Å². The number of aromatic carboxylic acids is 1. The van der Waals surface area contributed by atoms with E-state index in [-0.39, 0.29) is 5.91 Å². The van der Waals surface area contributed by atoms with Crippen LogP contribution in [-0.2, 0) is 4.79 Å². The second kappa shape index (κ2) is 6.42. The molecule has 1 heterocycles. The van der Waals surface area contributed by atoms with Crippen LogP contribution in [0.25, 0.3) is 11.1 Å². The Kier molecular flexibility index (Phi) is 4.07. The average molecular weight is 390 g/mol.